The molecular formula is C47H38O2. The van der Waals surface area contributed by atoms with E-state index in [-0.39, 0.29) is 5.41 Å². The lowest BCUT2D eigenvalue weighted by atomic mass is 9.72. The summed E-state index contributed by atoms with van der Waals surface area (Å²) in [6.07, 6.45) is 1.15. The molecule has 2 nitrogen and oxygen atoms in total. The SMILES string of the molecule is CC#CC#CC#CC#CC#CC#CC#Cc1cccc(Oc2ccccc2)c1.CC(C)(C)CC(C)(C)c1ccc(Oc2ccccc2)cc1. The van der Waals surface area contributed by atoms with E-state index in [1.807, 2.05) is 84.9 Å². The number of hydrogen-bond donors (Lipinski definition) is 0. The molecule has 0 atom stereocenters. The van der Waals surface area contributed by atoms with Crippen molar-refractivity contribution < 1.29 is 9.47 Å². The molecular weight excluding hydrogens is 597 g/mol. The van der Waals surface area contributed by atoms with Crippen LogP contribution < -0.4 is 9.47 Å². The third-order valence-corrected chi connectivity index (χ3v) is 6.42. The van der Waals surface area contributed by atoms with Crippen molar-refractivity contribution in [1.29, 1.82) is 0 Å². The molecule has 0 spiro atoms. The average Bonchev–Trinajstić information content (AvgIpc) is 3.07. The van der Waals surface area contributed by atoms with Crippen molar-refractivity contribution in [1.82, 2.24) is 0 Å². The van der Waals surface area contributed by atoms with Gasteiger partial charge >= 0.3 is 0 Å². The zero-order valence-corrected chi connectivity index (χ0v) is 28.9. The first-order valence-electron chi connectivity index (χ1n) is 15.7. The van der Waals surface area contributed by atoms with E-state index >= 15 is 0 Å². The number of ether oxygens (including phenoxy) is 2. The van der Waals surface area contributed by atoms with Gasteiger partial charge in [-0.15, -0.1) is 0 Å². The summed E-state index contributed by atoms with van der Waals surface area (Å²) in [6, 6.07) is 35.5. The molecule has 0 aromatic heterocycles. The van der Waals surface area contributed by atoms with Gasteiger partial charge in [-0.2, -0.15) is 0 Å². The molecule has 0 aliphatic rings. The summed E-state index contributed by atoms with van der Waals surface area (Å²) in [7, 11) is 0. The van der Waals surface area contributed by atoms with Crippen LogP contribution in [-0.2, 0) is 5.41 Å². The van der Waals surface area contributed by atoms with Crippen LogP contribution >= 0.6 is 0 Å². The molecule has 4 aromatic rings. The molecule has 49 heavy (non-hydrogen) atoms. The predicted octanol–water partition coefficient (Wildman–Crippen LogP) is 10.1. The fourth-order valence-electron chi connectivity index (χ4n) is 4.77. The van der Waals surface area contributed by atoms with Gasteiger partial charge in [0.15, 0.2) is 0 Å². The summed E-state index contributed by atoms with van der Waals surface area (Å²) in [6.45, 7) is 13.2. The van der Waals surface area contributed by atoms with E-state index in [1.165, 1.54) is 5.56 Å². The molecule has 4 aromatic carbocycles. The molecule has 4 rings (SSSR count). The minimum Gasteiger partial charge on any atom is -0.457 e. The zero-order valence-electron chi connectivity index (χ0n) is 28.9. The van der Waals surface area contributed by atoms with Crippen LogP contribution in [0.15, 0.2) is 109 Å². The quantitative estimate of drug-likeness (QED) is 0.197. The molecule has 0 aliphatic heterocycles. The van der Waals surface area contributed by atoms with Crippen molar-refractivity contribution in [2.75, 3.05) is 0 Å². The summed E-state index contributed by atoms with van der Waals surface area (Å²) < 4.78 is 11.6. The number of para-hydroxylation sites is 2. The number of hydrogen-bond acceptors (Lipinski definition) is 2. The molecule has 0 unspecified atom stereocenters. The number of rotatable bonds is 6. The Bertz CT molecular complexity index is 2120. The second-order valence-electron chi connectivity index (χ2n) is 12.4. The highest BCUT2D eigenvalue weighted by molar-refractivity contribution is 5.48. The molecule has 0 saturated heterocycles. The Kier molecular flexibility index (Phi) is 14.9. The fourth-order valence-corrected chi connectivity index (χ4v) is 4.77. The van der Waals surface area contributed by atoms with Gasteiger partial charge in [-0.05, 0) is 155 Å². The Morgan fingerprint density at radius 3 is 1.37 bits per heavy atom. The van der Waals surface area contributed by atoms with E-state index in [9.17, 15) is 0 Å². The van der Waals surface area contributed by atoms with Crippen LogP contribution in [-0.4, -0.2) is 0 Å². The van der Waals surface area contributed by atoms with Gasteiger partial charge in [0.1, 0.15) is 23.0 Å². The fraction of sp³-hybridized carbons (Fsp3) is 0.191. The van der Waals surface area contributed by atoms with E-state index in [1.54, 1.807) is 6.92 Å². The first-order valence-corrected chi connectivity index (χ1v) is 15.7. The molecule has 0 fully saturated rings. The van der Waals surface area contributed by atoms with E-state index in [0.717, 1.165) is 29.2 Å². The number of benzene rings is 4. The summed E-state index contributed by atoms with van der Waals surface area (Å²) in [4.78, 5) is 0. The van der Waals surface area contributed by atoms with Crippen molar-refractivity contribution in [3.05, 3.63) is 120 Å². The van der Waals surface area contributed by atoms with Crippen LogP contribution in [0, 0.1) is 88.3 Å². The molecule has 0 aliphatic carbocycles. The topological polar surface area (TPSA) is 18.5 Å². The second-order valence-corrected chi connectivity index (χ2v) is 12.4. The Morgan fingerprint density at radius 1 is 0.449 bits per heavy atom. The molecule has 0 radical (unpaired) electrons. The molecule has 0 amide bonds. The lowest BCUT2D eigenvalue weighted by molar-refractivity contribution is 0.284. The van der Waals surface area contributed by atoms with E-state index in [0.29, 0.717) is 11.2 Å². The summed E-state index contributed by atoms with van der Waals surface area (Å²) >= 11 is 0. The van der Waals surface area contributed by atoms with E-state index < -0.39 is 0 Å². The maximum atomic E-state index is 5.85. The summed E-state index contributed by atoms with van der Waals surface area (Å²) in [5.74, 6) is 39.9. The zero-order chi connectivity index (χ0) is 35.2. The van der Waals surface area contributed by atoms with Gasteiger partial charge in [0.2, 0.25) is 0 Å². The standard InChI is InChI=1S/C27H12O.C20H26O/c1-2-3-4-5-6-7-8-9-10-11-12-13-15-19-25-20-18-23-27(24-25)28-26-21-16-14-17-22-26;1-19(2,3)15-20(4,5)16-11-13-18(14-12-16)21-17-9-7-6-8-10-17/h14,16-18,20-24H,1H3;6-14H,15H2,1-5H3. The Hall–Kier alpha value is -6.60. The van der Waals surface area contributed by atoms with Crippen LogP contribution in [0.25, 0.3) is 0 Å². The lowest BCUT2D eigenvalue weighted by Gasteiger charge is -2.33. The molecule has 2 heteroatoms. The van der Waals surface area contributed by atoms with Crippen molar-refractivity contribution in [3.8, 4) is 106 Å². The van der Waals surface area contributed by atoms with Gasteiger partial charge in [-0.3, -0.25) is 0 Å². The first kappa shape index (κ1) is 36.9. The largest absolute Gasteiger partial charge is 0.457 e. The third kappa shape index (κ3) is 15.5. The Labute approximate surface area is 293 Å². The van der Waals surface area contributed by atoms with Gasteiger partial charge in [0.25, 0.3) is 0 Å². The Balaban J connectivity index is 0.000000276. The van der Waals surface area contributed by atoms with Gasteiger partial charge in [0, 0.05) is 5.56 Å². The normalized spacial score (nSPS) is 9.18. The molecule has 0 heterocycles. The third-order valence-electron chi connectivity index (χ3n) is 6.42. The van der Waals surface area contributed by atoms with Crippen molar-refractivity contribution >= 4 is 0 Å². The van der Waals surface area contributed by atoms with Crippen LogP contribution in [0.1, 0.15) is 59.1 Å². The smallest absolute Gasteiger partial charge is 0.128 e. The highest BCUT2D eigenvalue weighted by Crippen LogP contribution is 2.37. The molecule has 0 N–H and O–H groups in total. The predicted molar refractivity (Wildman–Crippen MR) is 202 cm³/mol. The molecule has 0 bridgehead atoms. The Morgan fingerprint density at radius 2 is 0.878 bits per heavy atom. The monoisotopic (exact) mass is 634 g/mol. The van der Waals surface area contributed by atoms with Gasteiger partial charge < -0.3 is 9.47 Å². The van der Waals surface area contributed by atoms with Crippen LogP contribution in [0.3, 0.4) is 0 Å². The molecule has 0 saturated carbocycles. The summed E-state index contributed by atoms with van der Waals surface area (Å²) in [5, 5.41) is 0. The lowest BCUT2D eigenvalue weighted by Crippen LogP contribution is -2.24. The van der Waals surface area contributed by atoms with Crippen LogP contribution in [0.5, 0.6) is 23.0 Å². The van der Waals surface area contributed by atoms with E-state index in [4.69, 9.17) is 9.47 Å². The highest BCUT2D eigenvalue weighted by Gasteiger charge is 2.27. The van der Waals surface area contributed by atoms with E-state index in [2.05, 4.69) is 142 Å². The van der Waals surface area contributed by atoms with Crippen LogP contribution in [0.4, 0.5) is 0 Å². The van der Waals surface area contributed by atoms with Gasteiger partial charge in [-0.1, -0.05) is 101 Å². The van der Waals surface area contributed by atoms with Crippen molar-refractivity contribution in [2.24, 2.45) is 5.41 Å². The maximum absolute atomic E-state index is 5.85. The molecule has 238 valence electrons. The minimum absolute atomic E-state index is 0.170. The van der Waals surface area contributed by atoms with Crippen molar-refractivity contribution in [3.63, 3.8) is 0 Å². The van der Waals surface area contributed by atoms with Crippen LogP contribution in [0.2, 0.25) is 0 Å². The van der Waals surface area contributed by atoms with Gasteiger partial charge in [0.05, 0.1) is 0 Å². The van der Waals surface area contributed by atoms with Crippen molar-refractivity contribution in [2.45, 2.75) is 53.4 Å². The average molecular weight is 635 g/mol. The minimum atomic E-state index is 0.170. The summed E-state index contributed by atoms with van der Waals surface area (Å²) in [5.41, 5.74) is 2.66. The highest BCUT2D eigenvalue weighted by atomic mass is 16.5. The maximum Gasteiger partial charge on any atom is 0.128 e. The first-order chi connectivity index (χ1) is 23.6. The van der Waals surface area contributed by atoms with Gasteiger partial charge in [-0.25, -0.2) is 0 Å². The second kappa shape index (κ2) is 19.8.